The number of ether oxygens (including phenoxy) is 3. The Kier molecular flexibility index (Phi) is 6.59. The highest BCUT2D eigenvalue weighted by molar-refractivity contribution is 6.06. The smallest absolute Gasteiger partial charge is 0.225 e. The molecule has 0 spiro atoms. The number of amides is 1. The van der Waals surface area contributed by atoms with Gasteiger partial charge in [0.15, 0.2) is 11.5 Å². The largest absolute Gasteiger partial charge is 0.493 e. The van der Waals surface area contributed by atoms with E-state index in [-0.39, 0.29) is 11.8 Å². The fourth-order valence-corrected chi connectivity index (χ4v) is 6.15. The van der Waals surface area contributed by atoms with E-state index in [1.165, 1.54) is 16.7 Å². The minimum Gasteiger partial charge on any atom is -0.493 e. The van der Waals surface area contributed by atoms with Crippen LogP contribution in [0.5, 0.6) is 17.2 Å². The summed E-state index contributed by atoms with van der Waals surface area (Å²) in [6.07, 6.45) is 4.32. The third-order valence-electron chi connectivity index (χ3n) is 8.16. The predicted molar refractivity (Wildman–Crippen MR) is 160 cm³/mol. The average Bonchev–Trinajstić information content (AvgIpc) is 3.58. The van der Waals surface area contributed by atoms with Gasteiger partial charge in [-0.15, -0.1) is 0 Å². The molecule has 1 aromatic heterocycles. The Morgan fingerprint density at radius 3 is 2.73 bits per heavy atom. The molecule has 3 heterocycles. The zero-order valence-corrected chi connectivity index (χ0v) is 23.1. The van der Waals surface area contributed by atoms with Gasteiger partial charge in [0.1, 0.15) is 5.75 Å². The van der Waals surface area contributed by atoms with Crippen molar-refractivity contribution in [1.82, 2.24) is 4.57 Å². The standard InChI is InChI=1S/C35H32N2O4/c1-39-33-19-25(11-13-32(33)41-16-14-23-10-12-31-26(18-23)15-17-40-31)27-20-34(38)36-29-8-5-9-30-35(29)28(27)22-37(30)21-24-6-3-2-4-7-24/h2-13,18-19,22,27H,14-17,20-21H2,1H3,(H,36,38)/t27-/m0/s1. The number of hydrogen-bond donors (Lipinski definition) is 1. The van der Waals surface area contributed by atoms with Crippen molar-refractivity contribution >= 4 is 22.5 Å². The van der Waals surface area contributed by atoms with Gasteiger partial charge in [-0.25, -0.2) is 0 Å². The van der Waals surface area contributed by atoms with E-state index in [0.29, 0.717) is 24.5 Å². The minimum absolute atomic E-state index is 0.00680. The second-order valence-electron chi connectivity index (χ2n) is 10.8. The lowest BCUT2D eigenvalue weighted by molar-refractivity contribution is -0.116. The van der Waals surface area contributed by atoms with Crippen LogP contribution in [0.15, 0.2) is 91.1 Å². The van der Waals surface area contributed by atoms with Crippen LogP contribution in [0.25, 0.3) is 10.9 Å². The van der Waals surface area contributed by atoms with E-state index in [0.717, 1.165) is 59.5 Å². The zero-order chi connectivity index (χ0) is 27.8. The van der Waals surface area contributed by atoms with Gasteiger partial charge in [0, 0.05) is 43.3 Å². The van der Waals surface area contributed by atoms with E-state index < -0.39 is 0 Å². The minimum atomic E-state index is -0.116. The van der Waals surface area contributed by atoms with Crippen LogP contribution in [0.4, 0.5) is 5.69 Å². The Morgan fingerprint density at radius 2 is 1.85 bits per heavy atom. The maximum Gasteiger partial charge on any atom is 0.225 e. The number of carbonyl (C=O) groups is 1. The second-order valence-corrected chi connectivity index (χ2v) is 10.8. The van der Waals surface area contributed by atoms with Gasteiger partial charge in [-0.1, -0.05) is 54.6 Å². The van der Waals surface area contributed by atoms with Gasteiger partial charge in [0.05, 0.1) is 31.5 Å². The van der Waals surface area contributed by atoms with Crippen molar-refractivity contribution in [1.29, 1.82) is 0 Å². The van der Waals surface area contributed by atoms with Crippen molar-refractivity contribution in [2.75, 3.05) is 25.6 Å². The summed E-state index contributed by atoms with van der Waals surface area (Å²) in [5, 5.41) is 4.24. The lowest BCUT2D eigenvalue weighted by atomic mass is 9.88. The van der Waals surface area contributed by atoms with Crippen LogP contribution < -0.4 is 19.5 Å². The van der Waals surface area contributed by atoms with E-state index in [9.17, 15) is 4.79 Å². The molecule has 1 amide bonds. The lowest BCUT2D eigenvalue weighted by Gasteiger charge is -2.18. The molecule has 6 heteroatoms. The van der Waals surface area contributed by atoms with E-state index >= 15 is 0 Å². The van der Waals surface area contributed by atoms with Gasteiger partial charge < -0.3 is 24.1 Å². The number of nitrogens with one attached hydrogen (secondary N) is 1. The van der Waals surface area contributed by atoms with Gasteiger partial charge in [-0.05, 0) is 58.1 Å². The predicted octanol–water partition coefficient (Wildman–Crippen LogP) is 6.73. The van der Waals surface area contributed by atoms with Gasteiger partial charge in [0.2, 0.25) is 5.91 Å². The van der Waals surface area contributed by atoms with Crippen molar-refractivity contribution in [3.63, 3.8) is 0 Å². The molecule has 5 aromatic rings. The fraction of sp³-hybridized carbons (Fsp3) is 0.229. The van der Waals surface area contributed by atoms with Gasteiger partial charge in [-0.2, -0.15) is 0 Å². The number of rotatable bonds is 8. The Bertz CT molecular complexity index is 1740. The topological polar surface area (TPSA) is 61.7 Å². The summed E-state index contributed by atoms with van der Waals surface area (Å²) in [5.74, 6) is 2.25. The highest BCUT2D eigenvalue weighted by atomic mass is 16.5. The molecule has 6 nitrogen and oxygen atoms in total. The highest BCUT2D eigenvalue weighted by Crippen LogP contribution is 2.43. The van der Waals surface area contributed by atoms with E-state index in [2.05, 4.69) is 70.7 Å². The number of methoxy groups -OCH3 is 1. The normalized spacial score (nSPS) is 15.6. The van der Waals surface area contributed by atoms with Crippen LogP contribution in [0, 0.1) is 0 Å². The summed E-state index contributed by atoms with van der Waals surface area (Å²) in [5.41, 5.74) is 7.87. The molecule has 0 saturated heterocycles. The Morgan fingerprint density at radius 1 is 0.951 bits per heavy atom. The first kappa shape index (κ1) is 25.3. The molecular weight excluding hydrogens is 512 g/mol. The number of nitrogens with zero attached hydrogens (tertiary/aromatic N) is 1. The van der Waals surface area contributed by atoms with Crippen molar-refractivity contribution < 1.29 is 19.0 Å². The number of aromatic nitrogens is 1. The van der Waals surface area contributed by atoms with Crippen molar-refractivity contribution in [3.8, 4) is 17.2 Å². The molecule has 1 N–H and O–H groups in total. The van der Waals surface area contributed by atoms with Crippen molar-refractivity contribution in [3.05, 3.63) is 119 Å². The molecule has 0 fully saturated rings. The Labute approximate surface area is 239 Å². The molecule has 0 saturated carbocycles. The number of anilines is 1. The summed E-state index contributed by atoms with van der Waals surface area (Å²) in [6, 6.07) is 29.0. The van der Waals surface area contributed by atoms with E-state index in [1.54, 1.807) is 7.11 Å². The lowest BCUT2D eigenvalue weighted by Crippen LogP contribution is -2.14. The SMILES string of the molecule is COc1cc([C@@H]2CC(=O)Nc3cccc4c3c2cn4Cc2ccccc2)ccc1OCCc1ccc2c(c1)CCO2. The first-order valence-electron chi connectivity index (χ1n) is 14.2. The van der Waals surface area contributed by atoms with Crippen molar-refractivity contribution in [2.45, 2.75) is 31.7 Å². The Hall–Kier alpha value is -4.71. The zero-order valence-electron chi connectivity index (χ0n) is 23.1. The van der Waals surface area contributed by atoms with Gasteiger partial charge in [0.25, 0.3) is 0 Å². The molecule has 2 aliphatic heterocycles. The third-order valence-corrected chi connectivity index (χ3v) is 8.16. The monoisotopic (exact) mass is 544 g/mol. The summed E-state index contributed by atoms with van der Waals surface area (Å²) in [4.78, 5) is 13.0. The number of hydrogen-bond acceptors (Lipinski definition) is 4. The first-order chi connectivity index (χ1) is 20.2. The number of carbonyl (C=O) groups excluding carboxylic acids is 1. The Balaban J connectivity index is 1.17. The van der Waals surface area contributed by atoms with Crippen LogP contribution in [0.2, 0.25) is 0 Å². The highest BCUT2D eigenvalue weighted by Gasteiger charge is 2.28. The third kappa shape index (κ3) is 4.91. The van der Waals surface area contributed by atoms with Gasteiger partial charge in [-0.3, -0.25) is 4.79 Å². The maximum absolute atomic E-state index is 13.0. The van der Waals surface area contributed by atoms with Crippen molar-refractivity contribution in [2.24, 2.45) is 0 Å². The second kappa shape index (κ2) is 10.7. The molecule has 0 radical (unpaired) electrons. The average molecular weight is 545 g/mol. The molecule has 0 aliphatic carbocycles. The molecule has 7 rings (SSSR count). The van der Waals surface area contributed by atoms with Crippen LogP contribution >= 0.6 is 0 Å². The molecule has 41 heavy (non-hydrogen) atoms. The van der Waals surface area contributed by atoms with Gasteiger partial charge >= 0.3 is 0 Å². The molecule has 0 bridgehead atoms. The number of benzene rings is 4. The quantitative estimate of drug-likeness (QED) is 0.235. The summed E-state index contributed by atoms with van der Waals surface area (Å²) in [6.45, 7) is 2.06. The fourth-order valence-electron chi connectivity index (χ4n) is 6.15. The molecule has 2 aliphatic rings. The maximum atomic E-state index is 13.0. The molecule has 0 unspecified atom stereocenters. The summed E-state index contributed by atoms with van der Waals surface area (Å²) >= 11 is 0. The molecular formula is C35H32N2O4. The van der Waals surface area contributed by atoms with Crippen LogP contribution in [0.1, 0.15) is 40.2 Å². The first-order valence-corrected chi connectivity index (χ1v) is 14.2. The number of fused-ring (bicyclic) bond motifs is 1. The van der Waals surface area contributed by atoms with Crippen LogP contribution in [0.3, 0.4) is 0 Å². The van der Waals surface area contributed by atoms with Crippen LogP contribution in [-0.2, 0) is 24.2 Å². The van der Waals surface area contributed by atoms with E-state index in [1.807, 2.05) is 30.3 Å². The molecule has 206 valence electrons. The molecule has 1 atom stereocenters. The van der Waals surface area contributed by atoms with E-state index in [4.69, 9.17) is 14.2 Å². The molecule has 4 aromatic carbocycles. The summed E-state index contributed by atoms with van der Waals surface area (Å²) in [7, 11) is 1.66. The van der Waals surface area contributed by atoms with Crippen LogP contribution in [-0.4, -0.2) is 30.8 Å². The summed E-state index contributed by atoms with van der Waals surface area (Å²) < 4.78 is 19.9.